The van der Waals surface area contributed by atoms with E-state index in [4.69, 9.17) is 10.5 Å². The molecule has 0 heterocycles. The maximum atomic E-state index is 11.0. The van der Waals surface area contributed by atoms with Gasteiger partial charge in [-0.3, -0.25) is 4.79 Å². The number of hydrogen-bond acceptors (Lipinski definition) is 3. The van der Waals surface area contributed by atoms with Crippen molar-refractivity contribution < 1.29 is 14.6 Å². The van der Waals surface area contributed by atoms with E-state index in [9.17, 15) is 9.90 Å². The highest BCUT2D eigenvalue weighted by Gasteiger charge is 2.05. The Bertz CT molecular complexity index is 688. The Morgan fingerprint density at radius 3 is 2.33 bits per heavy atom. The number of phenolic OH excluding ortho intramolecular Hbond substituents is 1. The normalized spacial score (nSPS) is 10.8. The lowest BCUT2D eigenvalue weighted by Gasteiger charge is -2.07. The smallest absolute Gasteiger partial charge is 0.248 e. The zero-order valence-corrected chi connectivity index (χ0v) is 12.0. The molecule has 0 aromatic heterocycles. The van der Waals surface area contributed by atoms with Crippen molar-refractivity contribution in [3.8, 4) is 11.5 Å². The Morgan fingerprint density at radius 2 is 1.76 bits per heavy atom. The van der Waals surface area contributed by atoms with E-state index in [0.717, 1.165) is 16.7 Å². The van der Waals surface area contributed by atoms with Gasteiger partial charge >= 0.3 is 0 Å². The molecule has 0 saturated heterocycles. The highest BCUT2D eigenvalue weighted by atomic mass is 16.5. The number of primary amides is 1. The molecule has 0 unspecified atom stereocenters. The Balaban J connectivity index is 2.25. The Labute approximate surface area is 123 Å². The molecule has 0 atom stereocenters. The van der Waals surface area contributed by atoms with Gasteiger partial charge in [0.1, 0.15) is 0 Å². The Kier molecular flexibility index (Phi) is 4.28. The first-order valence-corrected chi connectivity index (χ1v) is 6.47. The van der Waals surface area contributed by atoms with E-state index >= 15 is 0 Å². The van der Waals surface area contributed by atoms with Crippen LogP contribution in [0.3, 0.4) is 0 Å². The molecular weight excluding hydrogens is 266 g/mol. The topological polar surface area (TPSA) is 72.5 Å². The fourth-order valence-electron chi connectivity index (χ4n) is 1.98. The predicted molar refractivity (Wildman–Crippen MR) is 83.3 cm³/mol. The van der Waals surface area contributed by atoms with Crippen LogP contribution in [0.2, 0.25) is 0 Å². The number of aromatic hydroxyl groups is 1. The van der Waals surface area contributed by atoms with Gasteiger partial charge in [-0.05, 0) is 47.9 Å². The molecule has 0 radical (unpaired) electrons. The number of methoxy groups -OCH3 is 1. The van der Waals surface area contributed by atoms with Gasteiger partial charge in [-0.2, -0.15) is 0 Å². The van der Waals surface area contributed by atoms with Crippen LogP contribution < -0.4 is 10.5 Å². The third kappa shape index (κ3) is 3.42. The summed E-state index contributed by atoms with van der Waals surface area (Å²) in [7, 11) is 1.52. The lowest BCUT2D eigenvalue weighted by molar-refractivity contribution is 0.100. The number of ether oxygens (including phenoxy) is 1. The predicted octanol–water partition coefficient (Wildman–Crippen LogP) is 2.98. The summed E-state index contributed by atoms with van der Waals surface area (Å²) in [5.41, 5.74) is 8.29. The van der Waals surface area contributed by atoms with Crippen molar-refractivity contribution in [1.29, 1.82) is 0 Å². The van der Waals surface area contributed by atoms with Crippen LogP contribution in [0, 0.1) is 6.92 Å². The molecule has 3 N–H and O–H groups in total. The van der Waals surface area contributed by atoms with Gasteiger partial charge in [0.25, 0.3) is 0 Å². The fourth-order valence-corrected chi connectivity index (χ4v) is 1.98. The Hall–Kier alpha value is -2.75. The minimum Gasteiger partial charge on any atom is -0.504 e. The van der Waals surface area contributed by atoms with Crippen LogP contribution in [0.4, 0.5) is 0 Å². The maximum absolute atomic E-state index is 11.0. The second-order valence-corrected chi connectivity index (χ2v) is 4.71. The largest absolute Gasteiger partial charge is 0.504 e. The van der Waals surface area contributed by atoms with Gasteiger partial charge in [0.05, 0.1) is 7.11 Å². The number of amides is 1. The van der Waals surface area contributed by atoms with Gasteiger partial charge in [0.2, 0.25) is 5.91 Å². The van der Waals surface area contributed by atoms with E-state index in [1.807, 2.05) is 37.3 Å². The summed E-state index contributed by atoms with van der Waals surface area (Å²) >= 11 is 0. The van der Waals surface area contributed by atoms with E-state index < -0.39 is 5.91 Å². The van der Waals surface area contributed by atoms with Crippen molar-refractivity contribution in [2.24, 2.45) is 5.73 Å². The summed E-state index contributed by atoms with van der Waals surface area (Å²) in [4.78, 5) is 11.0. The first-order valence-electron chi connectivity index (χ1n) is 6.47. The first kappa shape index (κ1) is 14.7. The van der Waals surface area contributed by atoms with Crippen LogP contribution in [0.1, 0.15) is 27.0 Å². The number of nitrogens with two attached hydrogens (primary N) is 1. The molecule has 21 heavy (non-hydrogen) atoms. The van der Waals surface area contributed by atoms with E-state index in [0.29, 0.717) is 11.3 Å². The van der Waals surface area contributed by atoms with Gasteiger partial charge in [0, 0.05) is 5.56 Å². The van der Waals surface area contributed by atoms with Gasteiger partial charge < -0.3 is 15.6 Å². The van der Waals surface area contributed by atoms with Gasteiger partial charge in [-0.15, -0.1) is 0 Å². The molecule has 0 saturated carbocycles. The molecular formula is C17H17NO3. The minimum absolute atomic E-state index is 0.153. The van der Waals surface area contributed by atoms with Crippen LogP contribution in [0.15, 0.2) is 36.4 Å². The number of rotatable bonds is 4. The van der Waals surface area contributed by atoms with Gasteiger partial charge in [-0.1, -0.05) is 24.3 Å². The molecule has 0 aliphatic rings. The van der Waals surface area contributed by atoms with Gasteiger partial charge in [-0.25, -0.2) is 0 Å². The average Bonchev–Trinajstić information content (AvgIpc) is 2.48. The molecule has 0 fully saturated rings. The summed E-state index contributed by atoms with van der Waals surface area (Å²) in [5.74, 6) is 0.156. The standard InChI is InChI=1S/C17H17NO3/c1-11-9-13(10-15(21-2)16(11)19)4-3-12-5-7-14(8-6-12)17(18)20/h3-10,19H,1-2H3,(H2,18,20)/b4-3+. The van der Waals surface area contributed by atoms with Crippen molar-refractivity contribution in [2.45, 2.75) is 6.92 Å². The number of phenols is 1. The molecule has 0 aliphatic carbocycles. The Morgan fingerprint density at radius 1 is 1.14 bits per heavy atom. The molecule has 4 nitrogen and oxygen atoms in total. The van der Waals surface area contributed by atoms with Crippen LogP contribution in [0.25, 0.3) is 12.2 Å². The molecule has 1 amide bonds. The quantitative estimate of drug-likeness (QED) is 0.847. The van der Waals surface area contributed by atoms with E-state index in [1.54, 1.807) is 18.2 Å². The minimum atomic E-state index is -0.440. The van der Waals surface area contributed by atoms with E-state index in [-0.39, 0.29) is 5.75 Å². The lowest BCUT2D eigenvalue weighted by Crippen LogP contribution is -2.10. The summed E-state index contributed by atoms with van der Waals surface area (Å²) in [6, 6.07) is 10.6. The molecule has 0 bridgehead atoms. The van der Waals surface area contributed by atoms with Crippen LogP contribution in [0.5, 0.6) is 11.5 Å². The molecule has 2 rings (SSSR count). The number of carbonyl (C=O) groups excluding carboxylic acids is 1. The zero-order chi connectivity index (χ0) is 15.4. The third-order valence-corrected chi connectivity index (χ3v) is 3.17. The van der Waals surface area contributed by atoms with Crippen LogP contribution >= 0.6 is 0 Å². The fraction of sp³-hybridized carbons (Fsp3) is 0.118. The number of hydrogen-bond donors (Lipinski definition) is 2. The molecule has 4 heteroatoms. The average molecular weight is 283 g/mol. The second-order valence-electron chi connectivity index (χ2n) is 4.71. The van der Waals surface area contributed by atoms with Gasteiger partial charge in [0.15, 0.2) is 11.5 Å². The second kappa shape index (κ2) is 6.13. The molecule has 2 aromatic carbocycles. The van der Waals surface area contributed by atoms with Crippen molar-refractivity contribution in [3.63, 3.8) is 0 Å². The molecule has 108 valence electrons. The van der Waals surface area contributed by atoms with Crippen LogP contribution in [-0.2, 0) is 0 Å². The third-order valence-electron chi connectivity index (χ3n) is 3.17. The van der Waals surface area contributed by atoms with E-state index in [1.165, 1.54) is 7.11 Å². The lowest BCUT2D eigenvalue weighted by atomic mass is 10.1. The zero-order valence-electron chi connectivity index (χ0n) is 12.0. The number of aryl methyl sites for hydroxylation is 1. The van der Waals surface area contributed by atoms with E-state index in [2.05, 4.69) is 0 Å². The summed E-state index contributed by atoms with van der Waals surface area (Å²) in [6.45, 7) is 1.82. The summed E-state index contributed by atoms with van der Waals surface area (Å²) in [5, 5.41) is 9.80. The number of carbonyl (C=O) groups is 1. The number of benzene rings is 2. The van der Waals surface area contributed by atoms with Crippen molar-refractivity contribution in [3.05, 3.63) is 58.7 Å². The highest BCUT2D eigenvalue weighted by Crippen LogP contribution is 2.31. The van der Waals surface area contributed by atoms with Crippen molar-refractivity contribution in [1.82, 2.24) is 0 Å². The molecule has 0 aliphatic heterocycles. The molecule has 0 spiro atoms. The summed E-state index contributed by atoms with van der Waals surface area (Å²) in [6.07, 6.45) is 3.82. The van der Waals surface area contributed by atoms with Crippen molar-refractivity contribution >= 4 is 18.1 Å². The maximum Gasteiger partial charge on any atom is 0.248 e. The molecule has 2 aromatic rings. The summed E-state index contributed by atoms with van der Waals surface area (Å²) < 4.78 is 5.13. The SMILES string of the molecule is COc1cc(/C=C/c2ccc(C(N)=O)cc2)cc(C)c1O. The van der Waals surface area contributed by atoms with Crippen molar-refractivity contribution in [2.75, 3.05) is 7.11 Å². The first-order chi connectivity index (χ1) is 10.0. The highest BCUT2D eigenvalue weighted by molar-refractivity contribution is 5.93. The monoisotopic (exact) mass is 283 g/mol. The van der Waals surface area contributed by atoms with Crippen LogP contribution in [-0.4, -0.2) is 18.1 Å².